The molecule has 1 aromatic rings. The molecular weight excluding hydrogens is 274 g/mol. The third-order valence-corrected chi connectivity index (χ3v) is 4.28. The quantitative estimate of drug-likeness (QED) is 0.657. The lowest BCUT2D eigenvalue weighted by Crippen LogP contribution is -2.17. The van der Waals surface area contributed by atoms with Crippen LogP contribution in [0.4, 0.5) is 0 Å². The third kappa shape index (κ3) is 5.88. The number of methoxy groups -OCH3 is 2. The molecule has 3 heteroatoms. The molecule has 0 saturated carbocycles. The predicted octanol–water partition coefficient (Wildman–Crippen LogP) is 4.22. The summed E-state index contributed by atoms with van der Waals surface area (Å²) in [5, 5.41) is 3.41. The van der Waals surface area contributed by atoms with Crippen LogP contribution in [0.2, 0.25) is 0 Å². The summed E-state index contributed by atoms with van der Waals surface area (Å²) >= 11 is 0. The van der Waals surface area contributed by atoms with Gasteiger partial charge >= 0.3 is 0 Å². The van der Waals surface area contributed by atoms with Gasteiger partial charge in [0.2, 0.25) is 0 Å². The molecule has 0 fully saturated rings. The van der Waals surface area contributed by atoms with Crippen molar-refractivity contribution in [2.24, 2.45) is 11.8 Å². The highest BCUT2D eigenvalue weighted by atomic mass is 16.5. The number of benzene rings is 1. The molecule has 0 aliphatic carbocycles. The topological polar surface area (TPSA) is 30.5 Å². The lowest BCUT2D eigenvalue weighted by molar-refractivity contribution is 0.353. The number of hydrogen-bond acceptors (Lipinski definition) is 3. The van der Waals surface area contributed by atoms with E-state index in [0.717, 1.165) is 36.9 Å². The van der Waals surface area contributed by atoms with Gasteiger partial charge in [0.05, 0.1) is 14.2 Å². The Kier molecular flexibility index (Phi) is 8.32. The smallest absolute Gasteiger partial charge is 0.161 e. The van der Waals surface area contributed by atoms with Crippen molar-refractivity contribution in [1.82, 2.24) is 5.32 Å². The highest BCUT2D eigenvalue weighted by Gasteiger charge is 2.13. The van der Waals surface area contributed by atoms with Crippen LogP contribution in [0.1, 0.15) is 44.7 Å². The van der Waals surface area contributed by atoms with Crippen LogP contribution in [0.15, 0.2) is 12.1 Å². The molecule has 2 atom stereocenters. The second kappa shape index (κ2) is 9.73. The molecule has 1 rings (SSSR count). The van der Waals surface area contributed by atoms with Gasteiger partial charge in [-0.2, -0.15) is 0 Å². The van der Waals surface area contributed by atoms with Gasteiger partial charge in [-0.3, -0.25) is 0 Å². The zero-order valence-corrected chi connectivity index (χ0v) is 15.2. The number of aryl methyl sites for hydroxylation is 1. The second-order valence-electron chi connectivity index (χ2n) is 6.43. The van der Waals surface area contributed by atoms with Crippen molar-refractivity contribution in [2.45, 2.75) is 47.0 Å². The van der Waals surface area contributed by atoms with E-state index in [-0.39, 0.29) is 0 Å². The predicted molar refractivity (Wildman–Crippen MR) is 94.1 cm³/mol. The van der Waals surface area contributed by atoms with Crippen molar-refractivity contribution >= 4 is 0 Å². The number of hydrogen-bond donors (Lipinski definition) is 1. The van der Waals surface area contributed by atoms with Crippen LogP contribution >= 0.6 is 0 Å². The van der Waals surface area contributed by atoms with Crippen molar-refractivity contribution in [2.75, 3.05) is 27.3 Å². The average Bonchev–Trinajstić information content (AvgIpc) is 2.49. The Morgan fingerprint density at radius 3 is 2.27 bits per heavy atom. The summed E-state index contributed by atoms with van der Waals surface area (Å²) in [7, 11) is 3.38. The van der Waals surface area contributed by atoms with Crippen molar-refractivity contribution in [3.05, 3.63) is 23.3 Å². The van der Waals surface area contributed by atoms with E-state index in [4.69, 9.17) is 9.47 Å². The summed E-state index contributed by atoms with van der Waals surface area (Å²) in [6.07, 6.45) is 3.61. The van der Waals surface area contributed by atoms with Gasteiger partial charge in [0.15, 0.2) is 11.5 Å². The van der Waals surface area contributed by atoms with E-state index in [0.29, 0.717) is 5.92 Å². The first-order valence-electron chi connectivity index (χ1n) is 8.43. The molecule has 2 unspecified atom stereocenters. The van der Waals surface area contributed by atoms with E-state index in [1.165, 1.54) is 24.0 Å². The molecule has 1 N–H and O–H groups in total. The molecule has 1 aromatic carbocycles. The molecule has 0 aromatic heterocycles. The maximum atomic E-state index is 5.43. The normalized spacial score (nSPS) is 13.7. The van der Waals surface area contributed by atoms with Gasteiger partial charge in [0, 0.05) is 0 Å². The van der Waals surface area contributed by atoms with Crippen LogP contribution in [0.25, 0.3) is 0 Å². The Morgan fingerprint density at radius 1 is 1.05 bits per heavy atom. The molecule has 3 nitrogen and oxygen atoms in total. The van der Waals surface area contributed by atoms with Gasteiger partial charge in [0.25, 0.3) is 0 Å². The molecule has 0 bridgehead atoms. The largest absolute Gasteiger partial charge is 0.493 e. The van der Waals surface area contributed by atoms with Gasteiger partial charge in [-0.05, 0) is 74.4 Å². The molecule has 0 saturated heterocycles. The van der Waals surface area contributed by atoms with E-state index in [1.54, 1.807) is 14.2 Å². The first-order valence-corrected chi connectivity index (χ1v) is 8.43. The van der Waals surface area contributed by atoms with Gasteiger partial charge in [-0.15, -0.1) is 0 Å². The molecular formula is C19H33NO2. The minimum atomic E-state index is 0.674. The average molecular weight is 307 g/mol. The lowest BCUT2D eigenvalue weighted by Gasteiger charge is -2.19. The maximum absolute atomic E-state index is 5.43. The van der Waals surface area contributed by atoms with E-state index >= 15 is 0 Å². The fourth-order valence-electron chi connectivity index (χ4n) is 3.03. The summed E-state index contributed by atoms with van der Waals surface area (Å²) < 4.78 is 10.8. The van der Waals surface area contributed by atoms with Crippen LogP contribution in [0, 0.1) is 18.8 Å². The summed E-state index contributed by atoms with van der Waals surface area (Å²) in [4.78, 5) is 0. The van der Waals surface area contributed by atoms with Crippen LogP contribution in [0.3, 0.4) is 0 Å². The van der Waals surface area contributed by atoms with Crippen molar-refractivity contribution in [3.63, 3.8) is 0 Å². The van der Waals surface area contributed by atoms with Gasteiger partial charge < -0.3 is 14.8 Å². The molecule has 0 spiro atoms. The SMILES string of the molecule is CCNCCC(C)CC(C)Cc1cc(OC)c(OC)cc1C. The first-order chi connectivity index (χ1) is 10.5. The van der Waals surface area contributed by atoms with Crippen LogP contribution in [-0.2, 0) is 6.42 Å². The van der Waals surface area contributed by atoms with Gasteiger partial charge in [-0.1, -0.05) is 20.8 Å². The highest BCUT2D eigenvalue weighted by Crippen LogP contribution is 2.32. The van der Waals surface area contributed by atoms with Crippen LogP contribution in [-0.4, -0.2) is 27.3 Å². The van der Waals surface area contributed by atoms with E-state index in [2.05, 4.69) is 45.1 Å². The summed E-state index contributed by atoms with van der Waals surface area (Å²) in [5.41, 5.74) is 2.65. The van der Waals surface area contributed by atoms with Crippen LogP contribution in [0.5, 0.6) is 11.5 Å². The molecule has 0 radical (unpaired) electrons. The zero-order chi connectivity index (χ0) is 16.5. The van der Waals surface area contributed by atoms with E-state index < -0.39 is 0 Å². The van der Waals surface area contributed by atoms with E-state index in [1.807, 2.05) is 0 Å². The molecule has 0 aliphatic rings. The summed E-state index contributed by atoms with van der Waals surface area (Å²) in [6.45, 7) is 11.2. The standard InChI is InChI=1S/C19H33NO2/c1-7-20-9-8-14(2)10-15(3)11-17-13-19(22-6)18(21-5)12-16(17)4/h12-15,20H,7-11H2,1-6H3. The number of rotatable bonds is 10. The van der Waals surface area contributed by atoms with E-state index in [9.17, 15) is 0 Å². The van der Waals surface area contributed by atoms with Gasteiger partial charge in [-0.25, -0.2) is 0 Å². The highest BCUT2D eigenvalue weighted by molar-refractivity contribution is 5.47. The molecule has 0 amide bonds. The fourth-order valence-corrected chi connectivity index (χ4v) is 3.03. The monoisotopic (exact) mass is 307 g/mol. The fraction of sp³-hybridized carbons (Fsp3) is 0.684. The molecule has 0 heterocycles. The van der Waals surface area contributed by atoms with Crippen molar-refractivity contribution in [3.8, 4) is 11.5 Å². The summed E-state index contributed by atoms with van der Waals surface area (Å²) in [6, 6.07) is 4.21. The summed E-state index contributed by atoms with van der Waals surface area (Å²) in [5.74, 6) is 3.08. The Hall–Kier alpha value is -1.22. The van der Waals surface area contributed by atoms with Crippen molar-refractivity contribution in [1.29, 1.82) is 0 Å². The number of nitrogens with one attached hydrogen (secondary N) is 1. The Morgan fingerprint density at radius 2 is 1.68 bits per heavy atom. The lowest BCUT2D eigenvalue weighted by atomic mass is 9.88. The third-order valence-electron chi connectivity index (χ3n) is 4.28. The van der Waals surface area contributed by atoms with Crippen molar-refractivity contribution < 1.29 is 9.47 Å². The molecule has 126 valence electrons. The molecule has 22 heavy (non-hydrogen) atoms. The minimum absolute atomic E-state index is 0.674. The second-order valence-corrected chi connectivity index (χ2v) is 6.43. The number of ether oxygens (including phenoxy) is 2. The van der Waals surface area contributed by atoms with Gasteiger partial charge in [0.1, 0.15) is 0 Å². The minimum Gasteiger partial charge on any atom is -0.493 e. The maximum Gasteiger partial charge on any atom is 0.161 e. The Balaban J connectivity index is 2.62. The Labute approximate surface area is 136 Å². The van der Waals surface area contributed by atoms with Crippen LogP contribution < -0.4 is 14.8 Å². The zero-order valence-electron chi connectivity index (χ0n) is 15.2. The molecule has 0 aliphatic heterocycles. The Bertz CT molecular complexity index is 445. The first kappa shape index (κ1) is 18.8.